The van der Waals surface area contributed by atoms with Gasteiger partial charge in [0.15, 0.2) is 5.43 Å². The minimum atomic E-state index is -0.0122. The predicted molar refractivity (Wildman–Crippen MR) is 81.4 cm³/mol. The summed E-state index contributed by atoms with van der Waals surface area (Å²) in [7, 11) is 1.63. The van der Waals surface area contributed by atoms with E-state index in [0.29, 0.717) is 13.0 Å². The Balaban J connectivity index is 2.27. The van der Waals surface area contributed by atoms with Gasteiger partial charge in [-0.05, 0) is 18.2 Å². The number of aliphatic hydroxyl groups excluding tert-OH is 1. The molecule has 0 aliphatic rings. The summed E-state index contributed by atoms with van der Waals surface area (Å²) in [6, 6.07) is 8.77. The van der Waals surface area contributed by atoms with Gasteiger partial charge in [-0.3, -0.25) is 4.79 Å². The third kappa shape index (κ3) is 4.23. The summed E-state index contributed by atoms with van der Waals surface area (Å²) >= 11 is 0. The lowest BCUT2D eigenvalue weighted by molar-refractivity contribution is 0.305. The smallest absolute Gasteiger partial charge is 0.181 e. The molecule has 0 fully saturated rings. The molecule has 0 aliphatic carbocycles. The number of aromatic nitrogens is 1. The molecule has 1 aromatic carbocycles. The van der Waals surface area contributed by atoms with Crippen LogP contribution in [-0.4, -0.2) is 23.4 Å². The Morgan fingerprint density at radius 1 is 1.24 bits per heavy atom. The van der Waals surface area contributed by atoms with E-state index in [-0.39, 0.29) is 12.0 Å². The van der Waals surface area contributed by atoms with Crippen LogP contribution in [0, 0.1) is 11.8 Å². The number of rotatable bonds is 4. The van der Waals surface area contributed by atoms with Crippen LogP contribution in [0.1, 0.15) is 17.5 Å². The van der Waals surface area contributed by atoms with Crippen LogP contribution in [0.4, 0.5) is 0 Å². The molecule has 108 valence electrons. The van der Waals surface area contributed by atoms with E-state index in [2.05, 4.69) is 11.8 Å². The Morgan fingerprint density at radius 3 is 2.67 bits per heavy atom. The topological polar surface area (TPSA) is 51.5 Å². The van der Waals surface area contributed by atoms with Gasteiger partial charge in [-0.25, -0.2) is 0 Å². The Labute approximate surface area is 123 Å². The zero-order valence-corrected chi connectivity index (χ0v) is 11.9. The van der Waals surface area contributed by atoms with Gasteiger partial charge in [-0.2, -0.15) is 0 Å². The molecular formula is C17H17NO3. The first-order chi connectivity index (χ1) is 10.2. The van der Waals surface area contributed by atoms with Crippen LogP contribution in [0.5, 0.6) is 5.75 Å². The maximum absolute atomic E-state index is 11.1. The summed E-state index contributed by atoms with van der Waals surface area (Å²) in [5, 5.41) is 8.75. The average molecular weight is 283 g/mol. The number of aliphatic hydroxyl groups is 1. The molecule has 2 rings (SSSR count). The highest BCUT2D eigenvalue weighted by atomic mass is 16.5. The Kier molecular flexibility index (Phi) is 5.19. The molecule has 0 radical (unpaired) electrons. The fraction of sp³-hybridized carbons (Fsp3) is 0.235. The van der Waals surface area contributed by atoms with Gasteiger partial charge in [-0.1, -0.05) is 11.8 Å². The van der Waals surface area contributed by atoms with E-state index in [1.807, 2.05) is 22.8 Å². The summed E-state index contributed by atoms with van der Waals surface area (Å²) in [4.78, 5) is 11.1. The van der Waals surface area contributed by atoms with Crippen molar-refractivity contribution in [2.24, 2.45) is 0 Å². The van der Waals surface area contributed by atoms with E-state index in [1.54, 1.807) is 19.5 Å². The first kappa shape index (κ1) is 14.9. The zero-order chi connectivity index (χ0) is 15.1. The summed E-state index contributed by atoms with van der Waals surface area (Å²) in [6.07, 6.45) is 3.94. The monoisotopic (exact) mass is 283 g/mol. The van der Waals surface area contributed by atoms with Crippen molar-refractivity contribution in [1.82, 2.24) is 4.57 Å². The highest BCUT2D eigenvalue weighted by molar-refractivity contribution is 5.44. The quantitative estimate of drug-likeness (QED) is 0.868. The van der Waals surface area contributed by atoms with Crippen LogP contribution in [0.15, 0.2) is 47.5 Å². The maximum Gasteiger partial charge on any atom is 0.181 e. The van der Waals surface area contributed by atoms with Crippen molar-refractivity contribution in [2.45, 2.75) is 13.0 Å². The molecule has 21 heavy (non-hydrogen) atoms. The largest absolute Gasteiger partial charge is 0.496 e. The third-order valence-electron chi connectivity index (χ3n) is 2.96. The number of nitrogens with zero attached hydrogens (tertiary/aromatic N) is 1. The average Bonchev–Trinajstić information content (AvgIpc) is 2.50. The third-order valence-corrected chi connectivity index (χ3v) is 2.96. The summed E-state index contributed by atoms with van der Waals surface area (Å²) in [6.45, 7) is 0.659. The van der Waals surface area contributed by atoms with Crippen molar-refractivity contribution in [3.8, 4) is 17.6 Å². The normalized spacial score (nSPS) is 9.81. The lowest BCUT2D eigenvalue weighted by Gasteiger charge is -2.11. The van der Waals surface area contributed by atoms with E-state index >= 15 is 0 Å². The molecule has 4 nitrogen and oxygen atoms in total. The van der Waals surface area contributed by atoms with E-state index in [4.69, 9.17) is 9.84 Å². The Hall–Kier alpha value is -2.51. The predicted octanol–water partition coefficient (Wildman–Crippen LogP) is 1.64. The number of hydrogen-bond acceptors (Lipinski definition) is 3. The van der Waals surface area contributed by atoms with Gasteiger partial charge in [0, 0.05) is 42.1 Å². The highest BCUT2D eigenvalue weighted by Gasteiger charge is 2.04. The second-order valence-electron chi connectivity index (χ2n) is 4.51. The number of hydrogen-bond donors (Lipinski definition) is 1. The standard InChI is InChI=1S/C17H17NO3/c1-21-17-6-5-14(4-2-3-11-19)12-15(17)13-18-9-7-16(20)8-10-18/h5-10,12,19H,3,11,13H2,1H3. The van der Waals surface area contributed by atoms with Crippen LogP contribution in [0.2, 0.25) is 0 Å². The molecule has 1 heterocycles. The van der Waals surface area contributed by atoms with Crippen LogP contribution < -0.4 is 10.2 Å². The van der Waals surface area contributed by atoms with E-state index < -0.39 is 0 Å². The van der Waals surface area contributed by atoms with Gasteiger partial charge in [0.2, 0.25) is 0 Å². The minimum Gasteiger partial charge on any atom is -0.496 e. The highest BCUT2D eigenvalue weighted by Crippen LogP contribution is 2.20. The lowest BCUT2D eigenvalue weighted by atomic mass is 10.1. The summed E-state index contributed by atoms with van der Waals surface area (Å²) in [5.74, 6) is 6.68. The molecule has 0 unspecified atom stereocenters. The van der Waals surface area contributed by atoms with Crippen molar-refractivity contribution in [2.75, 3.05) is 13.7 Å². The summed E-state index contributed by atoms with van der Waals surface area (Å²) < 4.78 is 7.27. The van der Waals surface area contributed by atoms with Crippen molar-refractivity contribution < 1.29 is 9.84 Å². The molecule has 4 heteroatoms. The van der Waals surface area contributed by atoms with Crippen LogP contribution in [0.3, 0.4) is 0 Å². The summed E-state index contributed by atoms with van der Waals surface area (Å²) in [5.41, 5.74) is 1.85. The molecule has 0 bridgehead atoms. The number of ether oxygens (including phenoxy) is 1. The van der Waals surface area contributed by atoms with Crippen molar-refractivity contribution >= 4 is 0 Å². The fourth-order valence-electron chi connectivity index (χ4n) is 1.95. The molecule has 0 aliphatic heterocycles. The lowest BCUT2D eigenvalue weighted by Crippen LogP contribution is -2.06. The van der Waals surface area contributed by atoms with Crippen LogP contribution in [0.25, 0.3) is 0 Å². The minimum absolute atomic E-state index is 0.0122. The van der Waals surface area contributed by atoms with Gasteiger partial charge >= 0.3 is 0 Å². The van der Waals surface area contributed by atoms with Crippen molar-refractivity contribution in [3.05, 3.63) is 64.1 Å². The first-order valence-corrected chi connectivity index (χ1v) is 6.65. The van der Waals surface area contributed by atoms with E-state index in [0.717, 1.165) is 16.9 Å². The molecule has 0 saturated carbocycles. The molecular weight excluding hydrogens is 266 g/mol. The first-order valence-electron chi connectivity index (χ1n) is 6.65. The second-order valence-corrected chi connectivity index (χ2v) is 4.51. The number of methoxy groups -OCH3 is 1. The van der Waals surface area contributed by atoms with Crippen molar-refractivity contribution in [1.29, 1.82) is 0 Å². The fourth-order valence-corrected chi connectivity index (χ4v) is 1.95. The SMILES string of the molecule is COc1ccc(C#CCCO)cc1Cn1ccc(=O)cc1. The number of benzene rings is 1. The maximum atomic E-state index is 11.1. The zero-order valence-electron chi connectivity index (χ0n) is 11.9. The molecule has 0 spiro atoms. The van der Waals surface area contributed by atoms with Gasteiger partial charge in [0.05, 0.1) is 20.3 Å². The Bertz CT molecular complexity index is 702. The molecule has 1 aromatic heterocycles. The van der Waals surface area contributed by atoms with Gasteiger partial charge < -0.3 is 14.4 Å². The van der Waals surface area contributed by atoms with Crippen LogP contribution >= 0.6 is 0 Å². The Morgan fingerprint density at radius 2 is 2.00 bits per heavy atom. The van der Waals surface area contributed by atoms with Gasteiger partial charge in [0.1, 0.15) is 5.75 Å². The molecule has 0 saturated heterocycles. The van der Waals surface area contributed by atoms with Crippen molar-refractivity contribution in [3.63, 3.8) is 0 Å². The molecule has 0 atom stereocenters. The van der Waals surface area contributed by atoms with Crippen LogP contribution in [-0.2, 0) is 6.54 Å². The number of pyridine rings is 1. The van der Waals surface area contributed by atoms with E-state index in [9.17, 15) is 4.79 Å². The molecule has 1 N–H and O–H groups in total. The van der Waals surface area contributed by atoms with Gasteiger partial charge in [0.25, 0.3) is 0 Å². The van der Waals surface area contributed by atoms with Gasteiger partial charge in [-0.15, -0.1) is 0 Å². The molecule has 2 aromatic rings. The molecule has 0 amide bonds. The second kappa shape index (κ2) is 7.32. The van der Waals surface area contributed by atoms with E-state index in [1.165, 1.54) is 12.1 Å².